The van der Waals surface area contributed by atoms with Gasteiger partial charge in [-0.05, 0) is 39.3 Å². The van der Waals surface area contributed by atoms with Gasteiger partial charge in [0.2, 0.25) is 10.0 Å². The van der Waals surface area contributed by atoms with Crippen molar-refractivity contribution in [3.05, 3.63) is 35.4 Å². The molecule has 0 aliphatic heterocycles. The van der Waals surface area contributed by atoms with Crippen molar-refractivity contribution in [2.75, 3.05) is 5.32 Å². The summed E-state index contributed by atoms with van der Waals surface area (Å²) in [5, 5.41) is 12.3. The van der Waals surface area contributed by atoms with Crippen LogP contribution in [-0.2, 0) is 17.1 Å². The van der Waals surface area contributed by atoms with Gasteiger partial charge in [0, 0.05) is 24.8 Å². The van der Waals surface area contributed by atoms with Crippen LogP contribution in [-0.4, -0.2) is 37.4 Å². The number of nitrogens with one attached hydrogen (secondary N) is 2. The van der Waals surface area contributed by atoms with Crippen molar-refractivity contribution in [3.8, 4) is 5.75 Å². The van der Waals surface area contributed by atoms with Crippen molar-refractivity contribution in [2.45, 2.75) is 38.1 Å². The molecule has 0 aliphatic rings. The Morgan fingerprint density at radius 3 is 2.44 bits per heavy atom. The number of anilines is 1. The van der Waals surface area contributed by atoms with Crippen LogP contribution in [0.1, 0.15) is 36.8 Å². The molecule has 3 N–H and O–H groups in total. The highest BCUT2D eigenvalue weighted by molar-refractivity contribution is 7.89. The Balaban J connectivity index is 2.37. The number of phenolic OH excluding ortho intramolecular Hbond substituents is 1. The summed E-state index contributed by atoms with van der Waals surface area (Å²) in [6, 6.07) is 2.04. The molecule has 1 amide bonds. The summed E-state index contributed by atoms with van der Waals surface area (Å²) in [7, 11) is 3.44. The van der Waals surface area contributed by atoms with Gasteiger partial charge in [-0.3, -0.25) is 4.79 Å². The lowest BCUT2D eigenvalue weighted by atomic mass is 9.88. The average Bonchev–Trinajstić information content (AvgIpc) is 2.90. The van der Waals surface area contributed by atoms with E-state index in [1.165, 1.54) is 30.8 Å². The highest BCUT2D eigenvalue weighted by atomic mass is 32.2. The number of carbonyl (C=O) groups is 1. The molecule has 10 heteroatoms. The normalized spacial score (nSPS) is 12.2. The number of nitrogens with zero attached hydrogens (tertiary/aromatic N) is 1. The molecule has 2 rings (SSSR count). The molecule has 7 nitrogen and oxygen atoms in total. The number of hydrogen-bond acceptors (Lipinski definition) is 4. The fourth-order valence-electron chi connectivity index (χ4n) is 2.43. The molecular formula is C17H21BFN3O4S. The molecule has 0 atom stereocenters. The maximum Gasteiger partial charge on any atom is 0.272 e. The molecule has 0 bridgehead atoms. The Hall–Kier alpha value is -2.33. The molecule has 2 radical (unpaired) electrons. The molecule has 144 valence electrons. The van der Waals surface area contributed by atoms with Crippen LogP contribution in [0.4, 0.5) is 10.1 Å². The van der Waals surface area contributed by atoms with Crippen molar-refractivity contribution in [1.29, 1.82) is 0 Å². The predicted molar refractivity (Wildman–Crippen MR) is 102 cm³/mol. The van der Waals surface area contributed by atoms with Gasteiger partial charge in [-0.15, -0.1) is 0 Å². The van der Waals surface area contributed by atoms with E-state index < -0.39 is 33.0 Å². The van der Waals surface area contributed by atoms with Gasteiger partial charge in [-0.25, -0.2) is 17.5 Å². The van der Waals surface area contributed by atoms with Gasteiger partial charge in [0.25, 0.3) is 5.91 Å². The summed E-state index contributed by atoms with van der Waals surface area (Å²) >= 11 is 0. The van der Waals surface area contributed by atoms with E-state index >= 15 is 0 Å². The number of carbonyl (C=O) groups excluding carboxylic acids is 1. The number of hydrogen-bond donors (Lipinski definition) is 3. The Morgan fingerprint density at radius 1 is 1.30 bits per heavy atom. The van der Waals surface area contributed by atoms with Crippen LogP contribution in [0.2, 0.25) is 0 Å². The third-order valence-electron chi connectivity index (χ3n) is 3.75. The van der Waals surface area contributed by atoms with E-state index in [9.17, 15) is 22.7 Å². The molecule has 27 heavy (non-hydrogen) atoms. The second kappa shape index (κ2) is 7.01. The molecular weight excluding hydrogens is 372 g/mol. The maximum atomic E-state index is 13.6. The number of sulfonamides is 1. The lowest BCUT2D eigenvalue weighted by Crippen LogP contribution is -2.40. The minimum atomic E-state index is -3.83. The van der Waals surface area contributed by atoms with Gasteiger partial charge in [0.1, 0.15) is 30.0 Å². The van der Waals surface area contributed by atoms with E-state index in [1.807, 2.05) is 0 Å². The Labute approximate surface area is 159 Å². The van der Waals surface area contributed by atoms with Crippen LogP contribution in [0.15, 0.2) is 23.2 Å². The zero-order valence-electron chi connectivity index (χ0n) is 15.7. The highest BCUT2D eigenvalue weighted by Gasteiger charge is 2.25. The zero-order chi connectivity index (χ0) is 20.7. The van der Waals surface area contributed by atoms with Gasteiger partial charge in [-0.2, -0.15) is 0 Å². The number of rotatable bonds is 4. The first-order chi connectivity index (χ1) is 12.2. The number of aromatic nitrogens is 1. The van der Waals surface area contributed by atoms with Crippen molar-refractivity contribution < 1.29 is 22.7 Å². The second-order valence-electron chi connectivity index (χ2n) is 7.27. The van der Waals surface area contributed by atoms with Crippen LogP contribution in [0.25, 0.3) is 0 Å². The largest absolute Gasteiger partial charge is 0.506 e. The van der Waals surface area contributed by atoms with Crippen LogP contribution in [0.3, 0.4) is 0 Å². The summed E-state index contributed by atoms with van der Waals surface area (Å²) < 4.78 is 42.3. The highest BCUT2D eigenvalue weighted by Crippen LogP contribution is 2.25. The minimum Gasteiger partial charge on any atom is -0.506 e. The van der Waals surface area contributed by atoms with Crippen molar-refractivity contribution in [2.24, 2.45) is 7.05 Å². The molecule has 0 unspecified atom stereocenters. The molecule has 0 spiro atoms. The number of aryl methyl sites for hydroxylation is 1. The number of benzene rings is 1. The van der Waals surface area contributed by atoms with Crippen LogP contribution < -0.4 is 15.5 Å². The second-order valence-corrected chi connectivity index (χ2v) is 8.96. The van der Waals surface area contributed by atoms with Gasteiger partial charge in [-0.1, -0.05) is 5.46 Å². The number of halogens is 1. The fourth-order valence-corrected chi connectivity index (χ4v) is 3.92. The van der Waals surface area contributed by atoms with E-state index in [1.54, 1.807) is 20.8 Å². The molecule has 0 saturated carbocycles. The molecule has 0 saturated heterocycles. The van der Waals surface area contributed by atoms with Gasteiger partial charge in [0.05, 0.1) is 5.69 Å². The molecule has 0 aliphatic carbocycles. The predicted octanol–water partition coefficient (Wildman–Crippen LogP) is 1.30. The lowest BCUT2D eigenvalue weighted by molar-refractivity contribution is 0.101. The fraction of sp³-hybridized carbons (Fsp3) is 0.353. The lowest BCUT2D eigenvalue weighted by Gasteiger charge is -2.19. The summed E-state index contributed by atoms with van der Waals surface area (Å²) in [5.41, 5.74) is -0.851. The first-order valence-corrected chi connectivity index (χ1v) is 9.50. The monoisotopic (exact) mass is 393 g/mol. The van der Waals surface area contributed by atoms with Gasteiger partial charge >= 0.3 is 0 Å². The molecule has 1 heterocycles. The molecule has 2 aromatic rings. The standard InChI is InChI=1S/C17H21BFN3O4S/c1-9-11(19)7-13(23)15(14(9)18)20-16(24)12-6-10(8-22(12)5)27(25,26)21-17(2,3)4/h6-8,21,23H,1-5H3,(H,20,24). The Kier molecular flexibility index (Phi) is 5.45. The maximum absolute atomic E-state index is 13.6. The molecule has 0 fully saturated rings. The van der Waals surface area contributed by atoms with E-state index in [2.05, 4.69) is 10.0 Å². The number of aromatic hydroxyl groups is 1. The van der Waals surface area contributed by atoms with Crippen LogP contribution >= 0.6 is 0 Å². The van der Waals surface area contributed by atoms with E-state index in [0.717, 1.165) is 6.07 Å². The topological polar surface area (TPSA) is 100 Å². The van der Waals surface area contributed by atoms with Crippen LogP contribution in [0.5, 0.6) is 5.75 Å². The average molecular weight is 393 g/mol. The quantitative estimate of drug-likeness (QED) is 0.539. The number of phenols is 1. The van der Waals surface area contributed by atoms with Crippen molar-refractivity contribution in [1.82, 2.24) is 9.29 Å². The van der Waals surface area contributed by atoms with Gasteiger partial charge < -0.3 is 15.0 Å². The Morgan fingerprint density at radius 2 is 1.89 bits per heavy atom. The summed E-state index contributed by atoms with van der Waals surface area (Å²) in [6.07, 6.45) is 1.29. The van der Waals surface area contributed by atoms with E-state index in [0.29, 0.717) is 0 Å². The summed E-state index contributed by atoms with van der Waals surface area (Å²) in [4.78, 5) is 12.5. The third kappa shape index (κ3) is 4.51. The first kappa shape index (κ1) is 21.0. The summed E-state index contributed by atoms with van der Waals surface area (Å²) in [5.74, 6) is -1.94. The molecule has 1 aromatic heterocycles. The van der Waals surface area contributed by atoms with Crippen molar-refractivity contribution in [3.63, 3.8) is 0 Å². The van der Waals surface area contributed by atoms with Crippen LogP contribution in [0, 0.1) is 12.7 Å². The molecule has 1 aromatic carbocycles. The van der Waals surface area contributed by atoms with E-state index in [-0.39, 0.29) is 27.3 Å². The minimum absolute atomic E-state index is 0.0186. The number of amides is 1. The smallest absolute Gasteiger partial charge is 0.272 e. The third-order valence-corrected chi connectivity index (χ3v) is 5.48. The zero-order valence-corrected chi connectivity index (χ0v) is 16.5. The van der Waals surface area contributed by atoms with Gasteiger partial charge in [0.15, 0.2) is 0 Å². The first-order valence-electron chi connectivity index (χ1n) is 8.02. The summed E-state index contributed by atoms with van der Waals surface area (Å²) in [6.45, 7) is 6.50. The Bertz CT molecular complexity index is 1010. The van der Waals surface area contributed by atoms with E-state index in [4.69, 9.17) is 7.85 Å². The SMILES string of the molecule is [B]c1c(C)c(F)cc(O)c1NC(=O)c1cc(S(=O)(=O)NC(C)(C)C)cn1C. The van der Waals surface area contributed by atoms with Crippen molar-refractivity contribution >= 4 is 34.9 Å².